The van der Waals surface area contributed by atoms with E-state index < -0.39 is 10.0 Å². The van der Waals surface area contributed by atoms with E-state index in [1.165, 1.54) is 26.2 Å². The van der Waals surface area contributed by atoms with Crippen LogP contribution < -0.4 is 11.1 Å². The summed E-state index contributed by atoms with van der Waals surface area (Å²) in [5.41, 5.74) is 6.85. The fraction of sp³-hybridized carbons (Fsp3) is 0.538. The molecule has 120 valence electrons. The Hall–Kier alpha value is -1.35. The van der Waals surface area contributed by atoms with Crippen LogP contribution >= 0.6 is 0 Å². The molecule has 21 heavy (non-hydrogen) atoms. The Labute approximate surface area is 125 Å². The zero-order valence-corrected chi connectivity index (χ0v) is 13.4. The number of hydrogen-bond acceptors (Lipinski definition) is 6. The van der Waals surface area contributed by atoms with Gasteiger partial charge in [-0.15, -0.1) is 0 Å². The van der Waals surface area contributed by atoms with Gasteiger partial charge in [0.25, 0.3) is 0 Å². The quantitative estimate of drug-likeness (QED) is 0.597. The molecule has 8 heteroatoms. The van der Waals surface area contributed by atoms with Crippen molar-refractivity contribution in [3.63, 3.8) is 0 Å². The zero-order chi connectivity index (χ0) is 16.0. The molecule has 4 N–H and O–H groups in total. The number of rotatable bonds is 8. The van der Waals surface area contributed by atoms with E-state index in [4.69, 9.17) is 15.6 Å². The number of ether oxygens (including phenoxy) is 1. The highest BCUT2D eigenvalue weighted by Crippen LogP contribution is 2.25. The summed E-state index contributed by atoms with van der Waals surface area (Å²) in [7, 11) is 0.999. The molecule has 0 saturated heterocycles. The van der Waals surface area contributed by atoms with Crippen LogP contribution in [-0.4, -0.2) is 58.3 Å². The number of benzene rings is 1. The number of methoxy groups -OCH3 is 1. The van der Waals surface area contributed by atoms with E-state index in [2.05, 4.69) is 5.32 Å². The van der Waals surface area contributed by atoms with Gasteiger partial charge in [-0.05, 0) is 24.6 Å². The highest BCUT2D eigenvalue weighted by molar-refractivity contribution is 7.89. The number of aliphatic hydroxyl groups is 1. The number of aliphatic hydroxyl groups excluding tert-OH is 1. The van der Waals surface area contributed by atoms with E-state index in [0.29, 0.717) is 24.4 Å². The van der Waals surface area contributed by atoms with Gasteiger partial charge < -0.3 is 20.9 Å². The van der Waals surface area contributed by atoms with Crippen LogP contribution in [0.1, 0.15) is 6.42 Å². The van der Waals surface area contributed by atoms with Crippen molar-refractivity contribution < 1.29 is 18.3 Å². The lowest BCUT2D eigenvalue weighted by Crippen LogP contribution is -2.27. The summed E-state index contributed by atoms with van der Waals surface area (Å²) >= 11 is 0. The van der Waals surface area contributed by atoms with Crippen LogP contribution in [0.3, 0.4) is 0 Å². The lowest BCUT2D eigenvalue weighted by Gasteiger charge is -2.20. The second kappa shape index (κ2) is 7.60. The maximum absolute atomic E-state index is 12.0. The van der Waals surface area contributed by atoms with Crippen LogP contribution in [-0.2, 0) is 14.8 Å². The normalized spacial score (nSPS) is 13.4. The molecule has 0 heterocycles. The van der Waals surface area contributed by atoms with Crippen molar-refractivity contribution in [3.05, 3.63) is 18.2 Å². The molecule has 0 aliphatic rings. The minimum Gasteiger partial charge on any atom is -0.397 e. The van der Waals surface area contributed by atoms with Gasteiger partial charge in [-0.3, -0.25) is 0 Å². The molecule has 0 bridgehead atoms. The number of anilines is 2. The summed E-state index contributed by atoms with van der Waals surface area (Å²) in [6.45, 7) is 0.436. The van der Waals surface area contributed by atoms with Gasteiger partial charge in [0.05, 0.1) is 28.9 Å². The molecule has 1 aromatic rings. The Balaban J connectivity index is 2.98. The number of nitrogens with one attached hydrogen (secondary N) is 1. The van der Waals surface area contributed by atoms with Crippen LogP contribution in [0.25, 0.3) is 0 Å². The van der Waals surface area contributed by atoms with Gasteiger partial charge in [0, 0.05) is 27.8 Å². The van der Waals surface area contributed by atoms with E-state index in [1.54, 1.807) is 13.2 Å². The molecule has 0 radical (unpaired) electrons. The van der Waals surface area contributed by atoms with Crippen LogP contribution in [0.5, 0.6) is 0 Å². The van der Waals surface area contributed by atoms with E-state index in [0.717, 1.165) is 4.31 Å². The first-order valence-corrected chi connectivity index (χ1v) is 7.95. The molecule has 1 atom stereocenters. The SMILES string of the molecule is COCC(CCO)Nc1ccc(S(=O)(=O)N(C)C)cc1N. The zero-order valence-electron chi connectivity index (χ0n) is 12.5. The Morgan fingerprint density at radius 1 is 1.43 bits per heavy atom. The average molecular weight is 317 g/mol. The first-order chi connectivity index (χ1) is 9.82. The van der Waals surface area contributed by atoms with E-state index >= 15 is 0 Å². The van der Waals surface area contributed by atoms with Crippen molar-refractivity contribution >= 4 is 21.4 Å². The number of nitrogens with zero attached hydrogens (tertiary/aromatic N) is 1. The third-order valence-corrected chi connectivity index (χ3v) is 4.82. The number of nitrogen functional groups attached to an aromatic ring is 1. The van der Waals surface area contributed by atoms with Crippen molar-refractivity contribution in [2.24, 2.45) is 0 Å². The van der Waals surface area contributed by atoms with E-state index in [-0.39, 0.29) is 17.5 Å². The molecule has 0 spiro atoms. The van der Waals surface area contributed by atoms with Gasteiger partial charge in [-0.1, -0.05) is 0 Å². The van der Waals surface area contributed by atoms with Gasteiger partial charge in [-0.2, -0.15) is 0 Å². The first kappa shape index (κ1) is 17.7. The molecular formula is C13H23N3O4S. The predicted molar refractivity (Wildman–Crippen MR) is 82.7 cm³/mol. The fourth-order valence-electron chi connectivity index (χ4n) is 1.82. The lowest BCUT2D eigenvalue weighted by molar-refractivity contribution is 0.170. The minimum atomic E-state index is -3.50. The van der Waals surface area contributed by atoms with Crippen molar-refractivity contribution in [2.45, 2.75) is 17.4 Å². The molecular weight excluding hydrogens is 294 g/mol. The van der Waals surface area contributed by atoms with Gasteiger partial charge in [0.1, 0.15) is 0 Å². The Morgan fingerprint density at radius 3 is 2.57 bits per heavy atom. The molecule has 1 rings (SSSR count). The van der Waals surface area contributed by atoms with Crippen molar-refractivity contribution in [2.75, 3.05) is 45.5 Å². The molecule has 7 nitrogen and oxygen atoms in total. The van der Waals surface area contributed by atoms with Gasteiger partial charge in [-0.25, -0.2) is 12.7 Å². The maximum Gasteiger partial charge on any atom is 0.242 e. The molecule has 0 amide bonds. The first-order valence-electron chi connectivity index (χ1n) is 6.51. The maximum atomic E-state index is 12.0. The molecule has 1 unspecified atom stereocenters. The molecule has 0 aromatic heterocycles. The second-order valence-electron chi connectivity index (χ2n) is 4.85. The summed E-state index contributed by atoms with van der Waals surface area (Å²) in [6, 6.07) is 4.43. The van der Waals surface area contributed by atoms with Gasteiger partial charge >= 0.3 is 0 Å². The Bertz CT molecular complexity index is 555. The standard InChI is InChI=1S/C13H23N3O4S/c1-16(2)21(18,19)11-4-5-13(12(14)8-11)15-10(6-7-17)9-20-3/h4-5,8,10,15,17H,6-7,9,14H2,1-3H3. The fourth-order valence-corrected chi connectivity index (χ4v) is 2.76. The summed E-state index contributed by atoms with van der Waals surface area (Å²) < 4.78 is 30.2. The van der Waals surface area contributed by atoms with Gasteiger partial charge in [0.15, 0.2) is 0 Å². The van der Waals surface area contributed by atoms with Crippen molar-refractivity contribution in [1.29, 1.82) is 0 Å². The second-order valence-corrected chi connectivity index (χ2v) is 7.00. The van der Waals surface area contributed by atoms with Crippen LogP contribution in [0.2, 0.25) is 0 Å². The van der Waals surface area contributed by atoms with Gasteiger partial charge in [0.2, 0.25) is 10.0 Å². The molecule has 0 fully saturated rings. The smallest absolute Gasteiger partial charge is 0.242 e. The van der Waals surface area contributed by atoms with Crippen LogP contribution in [0.15, 0.2) is 23.1 Å². The summed E-state index contributed by atoms with van der Waals surface area (Å²) in [5.74, 6) is 0. The van der Waals surface area contributed by atoms with Crippen molar-refractivity contribution in [3.8, 4) is 0 Å². The summed E-state index contributed by atoms with van der Waals surface area (Å²) in [4.78, 5) is 0.140. The third kappa shape index (κ3) is 4.57. The summed E-state index contributed by atoms with van der Waals surface area (Å²) in [5, 5.41) is 12.1. The Morgan fingerprint density at radius 2 is 2.10 bits per heavy atom. The molecule has 1 aromatic carbocycles. The topological polar surface area (TPSA) is 105 Å². The number of hydrogen-bond donors (Lipinski definition) is 3. The third-order valence-electron chi connectivity index (χ3n) is 3.01. The Kier molecular flexibility index (Phi) is 6.41. The highest BCUT2D eigenvalue weighted by atomic mass is 32.2. The van der Waals surface area contributed by atoms with Crippen LogP contribution in [0, 0.1) is 0 Å². The van der Waals surface area contributed by atoms with E-state index in [9.17, 15) is 8.42 Å². The number of sulfonamides is 1. The molecule has 0 saturated carbocycles. The average Bonchev–Trinajstić information content (AvgIpc) is 2.41. The van der Waals surface area contributed by atoms with Crippen LogP contribution in [0.4, 0.5) is 11.4 Å². The lowest BCUT2D eigenvalue weighted by atomic mass is 10.2. The number of nitrogens with two attached hydrogens (primary N) is 1. The van der Waals surface area contributed by atoms with Crippen molar-refractivity contribution in [1.82, 2.24) is 4.31 Å². The monoisotopic (exact) mass is 317 g/mol. The largest absolute Gasteiger partial charge is 0.397 e. The minimum absolute atomic E-state index is 0.0218. The predicted octanol–water partition coefficient (Wildman–Crippen LogP) is 0.328. The highest BCUT2D eigenvalue weighted by Gasteiger charge is 2.18. The van der Waals surface area contributed by atoms with E-state index in [1.807, 2.05) is 0 Å². The molecule has 0 aliphatic carbocycles. The molecule has 0 aliphatic heterocycles. The summed E-state index contributed by atoms with van der Waals surface area (Å²) in [6.07, 6.45) is 0.505.